The smallest absolute Gasteiger partial charge is 0.227 e. The van der Waals surface area contributed by atoms with Gasteiger partial charge >= 0.3 is 0 Å². The average molecular weight is 348 g/mol. The minimum atomic E-state index is 0.660. The van der Waals surface area contributed by atoms with Crippen molar-refractivity contribution in [2.45, 2.75) is 0 Å². The summed E-state index contributed by atoms with van der Waals surface area (Å²) in [5.41, 5.74) is 0. The Labute approximate surface area is 147 Å². The highest BCUT2D eigenvalue weighted by molar-refractivity contribution is 6.30. The van der Waals surface area contributed by atoms with Gasteiger partial charge in [0.2, 0.25) is 5.95 Å². The van der Waals surface area contributed by atoms with Crippen molar-refractivity contribution in [1.29, 1.82) is 0 Å². The van der Waals surface area contributed by atoms with E-state index in [9.17, 15) is 0 Å². The van der Waals surface area contributed by atoms with Gasteiger partial charge < -0.3 is 19.4 Å². The van der Waals surface area contributed by atoms with Crippen LogP contribution < -0.4 is 14.5 Å². The molecule has 0 unspecified atom stereocenters. The number of halogens is 1. The van der Waals surface area contributed by atoms with Gasteiger partial charge in [0, 0.05) is 45.3 Å². The fraction of sp³-hybridized carbons (Fsp3) is 0.412. The molecule has 0 radical (unpaired) electrons. The Morgan fingerprint density at radius 2 is 1.75 bits per heavy atom. The molecule has 1 saturated heterocycles. The van der Waals surface area contributed by atoms with E-state index in [0.717, 1.165) is 37.7 Å². The first-order chi connectivity index (χ1) is 11.5. The molecule has 0 amide bonds. The second kappa shape index (κ2) is 7.23. The van der Waals surface area contributed by atoms with Gasteiger partial charge in [0.1, 0.15) is 5.75 Å². The van der Waals surface area contributed by atoms with Crippen LogP contribution in [0.4, 0.5) is 11.8 Å². The lowest BCUT2D eigenvalue weighted by Crippen LogP contribution is -2.45. The summed E-state index contributed by atoms with van der Waals surface area (Å²) in [6, 6.07) is 7.30. The number of hydrogen-bond acceptors (Lipinski definition) is 6. The first-order valence-electron chi connectivity index (χ1n) is 7.94. The molecule has 1 fully saturated rings. The van der Waals surface area contributed by atoms with E-state index >= 15 is 0 Å². The third-order valence-corrected chi connectivity index (χ3v) is 4.22. The molecule has 0 N–H and O–H groups in total. The average Bonchev–Trinajstić information content (AvgIpc) is 2.58. The lowest BCUT2D eigenvalue weighted by Gasteiger charge is -2.34. The number of likely N-dealkylation sites (N-methyl/N-ethyl adjacent to an activating group) is 1. The molecule has 1 aromatic heterocycles. The first-order valence-corrected chi connectivity index (χ1v) is 8.32. The van der Waals surface area contributed by atoms with E-state index in [-0.39, 0.29) is 0 Å². The Bertz CT molecular complexity index is 684. The van der Waals surface area contributed by atoms with Crippen LogP contribution in [0.1, 0.15) is 0 Å². The minimum Gasteiger partial charge on any atom is -0.452 e. The lowest BCUT2D eigenvalue weighted by molar-refractivity contribution is 0.310. The summed E-state index contributed by atoms with van der Waals surface area (Å²) in [4.78, 5) is 15.5. The van der Waals surface area contributed by atoms with E-state index in [1.54, 1.807) is 6.20 Å². The summed E-state index contributed by atoms with van der Waals surface area (Å²) in [5, 5.41) is 0.681. The van der Waals surface area contributed by atoms with Gasteiger partial charge in [-0.3, -0.25) is 0 Å². The SMILES string of the molecule is CN1CCN(c2nc(N(C)C)ncc2Oc2ccc(Cl)cc2)CC1. The van der Waals surface area contributed by atoms with Crippen LogP contribution in [-0.2, 0) is 0 Å². The predicted molar refractivity (Wildman–Crippen MR) is 97.6 cm³/mol. The van der Waals surface area contributed by atoms with Gasteiger partial charge in [0.05, 0.1) is 6.20 Å². The maximum Gasteiger partial charge on any atom is 0.227 e. The van der Waals surface area contributed by atoms with E-state index in [1.807, 2.05) is 43.3 Å². The van der Waals surface area contributed by atoms with Crippen LogP contribution in [0.2, 0.25) is 5.02 Å². The largest absolute Gasteiger partial charge is 0.452 e. The van der Waals surface area contributed by atoms with Crippen molar-refractivity contribution in [1.82, 2.24) is 14.9 Å². The molecule has 7 heteroatoms. The summed E-state index contributed by atoms with van der Waals surface area (Å²) in [5.74, 6) is 2.88. The zero-order valence-electron chi connectivity index (χ0n) is 14.2. The fourth-order valence-corrected chi connectivity index (χ4v) is 2.64. The third-order valence-electron chi connectivity index (χ3n) is 3.97. The number of ether oxygens (including phenoxy) is 1. The lowest BCUT2D eigenvalue weighted by atomic mass is 10.3. The highest BCUT2D eigenvalue weighted by Gasteiger charge is 2.21. The summed E-state index contributed by atoms with van der Waals surface area (Å²) < 4.78 is 6.02. The van der Waals surface area contributed by atoms with E-state index in [2.05, 4.69) is 21.8 Å². The number of anilines is 2. The number of nitrogens with zero attached hydrogens (tertiary/aromatic N) is 5. The highest BCUT2D eigenvalue weighted by Crippen LogP contribution is 2.32. The molecule has 0 aliphatic carbocycles. The maximum absolute atomic E-state index is 6.02. The topological polar surface area (TPSA) is 44.7 Å². The van der Waals surface area contributed by atoms with Crippen molar-refractivity contribution < 1.29 is 4.74 Å². The van der Waals surface area contributed by atoms with Crippen LogP contribution in [0.25, 0.3) is 0 Å². The van der Waals surface area contributed by atoms with E-state index < -0.39 is 0 Å². The fourth-order valence-electron chi connectivity index (χ4n) is 2.51. The van der Waals surface area contributed by atoms with Crippen LogP contribution in [0, 0.1) is 0 Å². The zero-order chi connectivity index (χ0) is 17.1. The van der Waals surface area contributed by atoms with E-state index in [1.165, 1.54) is 0 Å². The zero-order valence-corrected chi connectivity index (χ0v) is 15.0. The third kappa shape index (κ3) is 3.88. The maximum atomic E-state index is 6.02. The van der Waals surface area contributed by atoms with Crippen molar-refractivity contribution in [3.05, 3.63) is 35.5 Å². The van der Waals surface area contributed by atoms with Gasteiger partial charge in [0.15, 0.2) is 11.6 Å². The standard InChI is InChI=1S/C17H22ClN5O/c1-21(2)17-19-12-15(24-14-6-4-13(18)5-7-14)16(20-17)23-10-8-22(3)9-11-23/h4-7,12H,8-11H2,1-3H3. The molecule has 6 nitrogen and oxygen atoms in total. The molecule has 0 atom stereocenters. The predicted octanol–water partition coefficient (Wildman–Crippen LogP) is 2.74. The molecule has 1 aliphatic rings. The second-order valence-electron chi connectivity index (χ2n) is 6.10. The molecule has 1 aliphatic heterocycles. The van der Waals surface area contributed by atoms with Gasteiger partial charge in [-0.1, -0.05) is 11.6 Å². The van der Waals surface area contributed by atoms with Crippen LogP contribution in [0.3, 0.4) is 0 Å². The summed E-state index contributed by atoms with van der Waals surface area (Å²) >= 11 is 5.94. The molecule has 128 valence electrons. The molecule has 0 bridgehead atoms. The van der Waals surface area contributed by atoms with Crippen LogP contribution in [-0.4, -0.2) is 62.2 Å². The van der Waals surface area contributed by atoms with Crippen LogP contribution in [0.5, 0.6) is 11.5 Å². The van der Waals surface area contributed by atoms with Crippen LogP contribution in [0.15, 0.2) is 30.5 Å². The highest BCUT2D eigenvalue weighted by atomic mass is 35.5. The van der Waals surface area contributed by atoms with Crippen molar-refractivity contribution >= 4 is 23.4 Å². The second-order valence-corrected chi connectivity index (χ2v) is 6.54. The Kier molecular flexibility index (Phi) is 5.06. The van der Waals surface area contributed by atoms with Gasteiger partial charge in [0.25, 0.3) is 0 Å². The van der Waals surface area contributed by atoms with Crippen molar-refractivity contribution in [2.24, 2.45) is 0 Å². The number of hydrogen-bond donors (Lipinski definition) is 0. The number of rotatable bonds is 4. The molecule has 0 spiro atoms. The summed E-state index contributed by atoms with van der Waals surface area (Å²) in [7, 11) is 6.00. The Morgan fingerprint density at radius 1 is 1.08 bits per heavy atom. The molecule has 2 heterocycles. The minimum absolute atomic E-state index is 0.660. The normalized spacial score (nSPS) is 15.4. The van der Waals surface area contributed by atoms with Gasteiger partial charge in [-0.15, -0.1) is 0 Å². The molecule has 2 aromatic rings. The molecule has 1 aromatic carbocycles. The van der Waals surface area contributed by atoms with Gasteiger partial charge in [-0.25, -0.2) is 4.98 Å². The Hall–Kier alpha value is -2.05. The molecule has 3 rings (SSSR count). The Morgan fingerprint density at radius 3 is 2.38 bits per heavy atom. The van der Waals surface area contributed by atoms with Gasteiger partial charge in [-0.05, 0) is 31.3 Å². The van der Waals surface area contributed by atoms with Gasteiger partial charge in [-0.2, -0.15) is 4.98 Å². The monoisotopic (exact) mass is 347 g/mol. The number of aromatic nitrogens is 2. The number of piperazine rings is 1. The van der Waals surface area contributed by atoms with Crippen molar-refractivity contribution in [3.63, 3.8) is 0 Å². The van der Waals surface area contributed by atoms with E-state index in [0.29, 0.717) is 16.7 Å². The van der Waals surface area contributed by atoms with E-state index in [4.69, 9.17) is 21.3 Å². The summed E-state index contributed by atoms with van der Waals surface area (Å²) in [6.07, 6.45) is 1.74. The molecule has 24 heavy (non-hydrogen) atoms. The van der Waals surface area contributed by atoms with Crippen molar-refractivity contribution in [2.75, 3.05) is 57.1 Å². The molecular formula is C17H22ClN5O. The van der Waals surface area contributed by atoms with Crippen molar-refractivity contribution in [3.8, 4) is 11.5 Å². The first kappa shape index (κ1) is 16.8. The molecular weight excluding hydrogens is 326 g/mol. The summed E-state index contributed by atoms with van der Waals surface area (Å²) in [6.45, 7) is 3.83. The Balaban J connectivity index is 1.90. The molecule has 0 saturated carbocycles. The van der Waals surface area contributed by atoms with Crippen LogP contribution >= 0.6 is 11.6 Å². The quantitative estimate of drug-likeness (QED) is 0.847. The number of benzene rings is 1.